The Morgan fingerprint density at radius 1 is 1.35 bits per heavy atom. The molecule has 26 heavy (non-hydrogen) atoms. The van der Waals surface area contributed by atoms with Crippen molar-refractivity contribution in [2.24, 2.45) is 10.9 Å². The molecule has 0 unspecified atom stereocenters. The molecule has 1 amide bonds. The van der Waals surface area contributed by atoms with Gasteiger partial charge >= 0.3 is 0 Å². The van der Waals surface area contributed by atoms with Crippen molar-refractivity contribution in [3.63, 3.8) is 0 Å². The molecular weight excluding hydrogens is 333 g/mol. The molecule has 2 aromatic rings. The zero-order valence-corrected chi connectivity index (χ0v) is 14.7. The number of carbonyl (C=O) groups excluding carboxylic acids is 1. The van der Waals surface area contributed by atoms with Crippen LogP contribution in [0.4, 0.5) is 4.39 Å². The molecule has 3 rings (SSSR count). The van der Waals surface area contributed by atoms with Gasteiger partial charge in [-0.25, -0.2) is 9.38 Å². The summed E-state index contributed by atoms with van der Waals surface area (Å²) in [5.41, 5.74) is 1.90. The summed E-state index contributed by atoms with van der Waals surface area (Å²) < 4.78 is 18.6. The van der Waals surface area contributed by atoms with E-state index in [0.717, 1.165) is 18.5 Å². The van der Waals surface area contributed by atoms with E-state index in [0.29, 0.717) is 30.2 Å². The Hall–Kier alpha value is -2.89. The maximum absolute atomic E-state index is 13.1. The third kappa shape index (κ3) is 4.02. The molecule has 1 aliphatic rings. The summed E-state index contributed by atoms with van der Waals surface area (Å²) in [6.45, 7) is 5.16. The fraction of sp³-hybridized carbons (Fsp3) is 0.300. The third-order valence-electron chi connectivity index (χ3n) is 4.51. The zero-order chi connectivity index (χ0) is 18.5. The van der Waals surface area contributed by atoms with E-state index in [4.69, 9.17) is 4.74 Å². The second kappa shape index (κ2) is 7.99. The van der Waals surface area contributed by atoms with Crippen LogP contribution in [0.3, 0.4) is 0 Å². The van der Waals surface area contributed by atoms with E-state index in [-0.39, 0.29) is 17.6 Å². The van der Waals surface area contributed by atoms with E-state index in [1.54, 1.807) is 12.0 Å². The molecule has 0 saturated carbocycles. The molecule has 1 atom stereocenters. The SMILES string of the molecule is C=C(N=C(OC)[C@H]1CCCN(C(=O)c2ccc(F)cc2)C1)c1ccc[nH]1. The van der Waals surface area contributed by atoms with E-state index in [9.17, 15) is 9.18 Å². The molecule has 0 bridgehead atoms. The summed E-state index contributed by atoms with van der Waals surface area (Å²) in [4.78, 5) is 22.0. The molecule has 1 fully saturated rings. The minimum absolute atomic E-state index is 0.00450. The number of hydrogen-bond acceptors (Lipinski definition) is 3. The van der Waals surface area contributed by atoms with Gasteiger partial charge in [0.1, 0.15) is 5.82 Å². The molecule has 1 saturated heterocycles. The number of aromatic amines is 1. The van der Waals surface area contributed by atoms with Gasteiger partial charge < -0.3 is 14.6 Å². The van der Waals surface area contributed by atoms with Crippen LogP contribution in [0.15, 0.2) is 54.2 Å². The van der Waals surface area contributed by atoms with Gasteiger partial charge in [0.25, 0.3) is 5.91 Å². The lowest BCUT2D eigenvalue weighted by molar-refractivity contribution is 0.0695. The fourth-order valence-electron chi connectivity index (χ4n) is 3.14. The van der Waals surface area contributed by atoms with Gasteiger partial charge in [0.2, 0.25) is 0 Å². The lowest BCUT2D eigenvalue weighted by Crippen LogP contribution is -2.42. The molecule has 1 aromatic carbocycles. The van der Waals surface area contributed by atoms with Crippen LogP contribution in [-0.2, 0) is 4.74 Å². The number of halogens is 1. The highest BCUT2D eigenvalue weighted by molar-refractivity contribution is 5.95. The van der Waals surface area contributed by atoms with E-state index in [1.165, 1.54) is 24.3 Å². The third-order valence-corrected chi connectivity index (χ3v) is 4.51. The number of carbonyl (C=O) groups is 1. The Morgan fingerprint density at radius 2 is 2.12 bits per heavy atom. The van der Waals surface area contributed by atoms with Crippen LogP contribution >= 0.6 is 0 Å². The zero-order valence-electron chi connectivity index (χ0n) is 14.7. The monoisotopic (exact) mass is 355 g/mol. The maximum Gasteiger partial charge on any atom is 0.253 e. The average molecular weight is 355 g/mol. The second-order valence-electron chi connectivity index (χ2n) is 6.28. The topological polar surface area (TPSA) is 57.7 Å². The maximum atomic E-state index is 13.1. The number of rotatable bonds is 4. The number of ether oxygens (including phenoxy) is 1. The molecule has 1 aromatic heterocycles. The minimum atomic E-state index is -0.352. The minimum Gasteiger partial charge on any atom is -0.484 e. The Balaban J connectivity index is 1.73. The predicted octanol–water partition coefficient (Wildman–Crippen LogP) is 3.72. The predicted molar refractivity (Wildman–Crippen MR) is 99.3 cm³/mol. The molecular formula is C20H22FN3O2. The van der Waals surface area contributed by atoms with Crippen LogP contribution in [0.5, 0.6) is 0 Å². The van der Waals surface area contributed by atoms with Crippen molar-refractivity contribution in [1.29, 1.82) is 0 Å². The number of nitrogens with zero attached hydrogens (tertiary/aromatic N) is 2. The van der Waals surface area contributed by atoms with Gasteiger partial charge in [0.15, 0.2) is 5.90 Å². The summed E-state index contributed by atoms with van der Waals surface area (Å²) in [6.07, 6.45) is 3.55. The van der Waals surface area contributed by atoms with Gasteiger partial charge in [0.05, 0.1) is 24.4 Å². The number of hydrogen-bond donors (Lipinski definition) is 1. The number of aliphatic imine (C=N–C) groups is 1. The van der Waals surface area contributed by atoms with Gasteiger partial charge in [-0.15, -0.1) is 0 Å². The van der Waals surface area contributed by atoms with Crippen molar-refractivity contribution < 1.29 is 13.9 Å². The van der Waals surface area contributed by atoms with Gasteiger partial charge in [-0.3, -0.25) is 4.79 Å². The number of piperidine rings is 1. The van der Waals surface area contributed by atoms with Crippen LogP contribution in [0.1, 0.15) is 28.9 Å². The lowest BCUT2D eigenvalue weighted by atomic mass is 9.97. The summed E-state index contributed by atoms with van der Waals surface area (Å²) in [5, 5.41) is 0. The Labute approximate surface area is 152 Å². The summed E-state index contributed by atoms with van der Waals surface area (Å²) >= 11 is 0. The molecule has 5 nitrogen and oxygen atoms in total. The van der Waals surface area contributed by atoms with Crippen molar-refractivity contribution in [3.8, 4) is 0 Å². The first kappa shape index (κ1) is 17.9. The van der Waals surface area contributed by atoms with Crippen LogP contribution in [-0.4, -0.2) is 41.9 Å². The normalized spacial score (nSPS) is 17.8. The van der Waals surface area contributed by atoms with E-state index >= 15 is 0 Å². The largest absolute Gasteiger partial charge is 0.484 e. The van der Waals surface area contributed by atoms with Crippen molar-refractivity contribution in [3.05, 3.63) is 66.2 Å². The van der Waals surface area contributed by atoms with Crippen LogP contribution < -0.4 is 0 Å². The molecule has 0 aliphatic carbocycles. The molecule has 1 N–H and O–H groups in total. The van der Waals surface area contributed by atoms with Gasteiger partial charge in [0, 0.05) is 24.8 Å². The first-order valence-corrected chi connectivity index (χ1v) is 8.58. The average Bonchev–Trinajstić information content (AvgIpc) is 3.21. The lowest BCUT2D eigenvalue weighted by Gasteiger charge is -2.32. The standard InChI is InChI=1S/C20H22FN3O2/c1-14(18-6-3-11-22-18)23-19(26-2)16-5-4-12-24(13-16)20(25)15-7-9-17(21)10-8-15/h3,6-11,16,22H,1,4-5,12-13H2,2H3/t16-/m0/s1. The molecule has 1 aliphatic heterocycles. The number of likely N-dealkylation sites (tertiary alicyclic amines) is 1. The number of benzene rings is 1. The number of amides is 1. The molecule has 0 spiro atoms. The number of H-pyrrole nitrogens is 1. The summed E-state index contributed by atoms with van der Waals surface area (Å²) in [6, 6.07) is 9.41. The Bertz CT molecular complexity index is 797. The van der Waals surface area contributed by atoms with Crippen LogP contribution in [0, 0.1) is 11.7 Å². The summed E-state index contributed by atoms with van der Waals surface area (Å²) in [5.74, 6) is 0.120. The number of methoxy groups -OCH3 is 1. The first-order chi connectivity index (χ1) is 12.6. The Morgan fingerprint density at radius 3 is 2.77 bits per heavy atom. The van der Waals surface area contributed by atoms with Crippen molar-refractivity contribution >= 4 is 17.5 Å². The molecule has 6 heteroatoms. The fourth-order valence-corrected chi connectivity index (χ4v) is 3.14. The smallest absolute Gasteiger partial charge is 0.253 e. The van der Waals surface area contributed by atoms with Gasteiger partial charge in [-0.05, 0) is 49.2 Å². The highest BCUT2D eigenvalue weighted by Gasteiger charge is 2.28. The van der Waals surface area contributed by atoms with Gasteiger partial charge in [-0.2, -0.15) is 0 Å². The first-order valence-electron chi connectivity index (χ1n) is 8.58. The van der Waals surface area contributed by atoms with E-state index in [1.807, 2.05) is 18.3 Å². The number of aromatic nitrogens is 1. The highest BCUT2D eigenvalue weighted by Crippen LogP contribution is 2.22. The van der Waals surface area contributed by atoms with E-state index < -0.39 is 0 Å². The number of nitrogens with one attached hydrogen (secondary N) is 1. The van der Waals surface area contributed by atoms with E-state index in [2.05, 4.69) is 16.6 Å². The Kier molecular flexibility index (Phi) is 5.51. The van der Waals surface area contributed by atoms with Gasteiger partial charge in [-0.1, -0.05) is 6.58 Å². The highest BCUT2D eigenvalue weighted by atomic mass is 19.1. The quantitative estimate of drug-likeness (QED) is 0.671. The molecule has 136 valence electrons. The molecule has 2 heterocycles. The van der Waals surface area contributed by atoms with Crippen molar-refractivity contribution in [2.75, 3.05) is 20.2 Å². The van der Waals surface area contributed by atoms with Crippen molar-refractivity contribution in [2.45, 2.75) is 12.8 Å². The van der Waals surface area contributed by atoms with Crippen LogP contribution in [0.2, 0.25) is 0 Å². The van der Waals surface area contributed by atoms with Crippen molar-refractivity contribution in [1.82, 2.24) is 9.88 Å². The van der Waals surface area contributed by atoms with Crippen LogP contribution in [0.25, 0.3) is 5.70 Å². The summed E-state index contributed by atoms with van der Waals surface area (Å²) in [7, 11) is 1.58. The second-order valence-corrected chi connectivity index (χ2v) is 6.28. The molecule has 0 radical (unpaired) electrons.